The Morgan fingerprint density at radius 2 is 1.75 bits per heavy atom. The summed E-state index contributed by atoms with van der Waals surface area (Å²) in [6.45, 7) is 8.00. The first-order chi connectivity index (χ1) is 11.5. The van der Waals surface area contributed by atoms with Crippen LogP contribution in [0.2, 0.25) is 0 Å². The molecule has 1 aromatic heterocycles. The molecule has 0 unspecified atom stereocenters. The highest BCUT2D eigenvalue weighted by atomic mass is 32.2. The van der Waals surface area contributed by atoms with Gasteiger partial charge < -0.3 is 5.32 Å². The third-order valence-corrected chi connectivity index (χ3v) is 4.91. The number of nitrogens with one attached hydrogen (secondary N) is 1. The van der Waals surface area contributed by atoms with Crippen LogP contribution < -0.4 is 5.32 Å². The Hall–Kier alpha value is -1.88. The standard InChI is InChI=1S/C19H25N3OS/c1-13(10-11-17-8-6-5-7-9-17)20-18(23)12-24-19-21-15(3)14(2)16(4)22-19/h5-9,13H,10-12H2,1-4H3,(H,20,23)/t13-/m1/s1. The predicted octanol–water partition coefficient (Wildman–Crippen LogP) is 3.63. The zero-order valence-electron chi connectivity index (χ0n) is 14.8. The second kappa shape index (κ2) is 8.83. The molecule has 0 saturated heterocycles. The molecule has 0 aliphatic carbocycles. The van der Waals surface area contributed by atoms with Crippen LogP contribution in [0.3, 0.4) is 0 Å². The van der Waals surface area contributed by atoms with E-state index in [9.17, 15) is 4.79 Å². The van der Waals surface area contributed by atoms with Gasteiger partial charge in [0.1, 0.15) is 0 Å². The van der Waals surface area contributed by atoms with Gasteiger partial charge in [-0.2, -0.15) is 0 Å². The Morgan fingerprint density at radius 3 is 2.38 bits per heavy atom. The summed E-state index contributed by atoms with van der Waals surface area (Å²) in [7, 11) is 0. The maximum atomic E-state index is 12.1. The van der Waals surface area contributed by atoms with E-state index >= 15 is 0 Å². The van der Waals surface area contributed by atoms with Crippen molar-refractivity contribution in [1.29, 1.82) is 0 Å². The molecule has 0 radical (unpaired) electrons. The van der Waals surface area contributed by atoms with Gasteiger partial charge in [0.15, 0.2) is 5.16 Å². The number of hydrogen-bond donors (Lipinski definition) is 1. The molecule has 4 nitrogen and oxygen atoms in total. The number of carbonyl (C=O) groups excluding carboxylic acids is 1. The first-order valence-electron chi connectivity index (χ1n) is 8.23. The molecule has 0 bridgehead atoms. The first kappa shape index (κ1) is 18.5. The fourth-order valence-electron chi connectivity index (χ4n) is 2.35. The Labute approximate surface area is 148 Å². The Morgan fingerprint density at radius 1 is 1.12 bits per heavy atom. The van der Waals surface area contributed by atoms with Crippen molar-refractivity contribution in [2.75, 3.05) is 5.75 Å². The highest BCUT2D eigenvalue weighted by Gasteiger charge is 2.11. The monoisotopic (exact) mass is 343 g/mol. The first-order valence-corrected chi connectivity index (χ1v) is 9.22. The lowest BCUT2D eigenvalue weighted by atomic mass is 10.1. The Kier molecular flexibility index (Phi) is 6.79. The van der Waals surface area contributed by atoms with Crippen molar-refractivity contribution < 1.29 is 4.79 Å². The molecule has 5 heteroatoms. The number of thioether (sulfide) groups is 1. The summed E-state index contributed by atoms with van der Waals surface area (Å²) in [4.78, 5) is 21.0. The van der Waals surface area contributed by atoms with Gasteiger partial charge in [0.25, 0.3) is 0 Å². The Bertz CT molecular complexity index is 665. The van der Waals surface area contributed by atoms with Crippen molar-refractivity contribution in [2.24, 2.45) is 0 Å². The van der Waals surface area contributed by atoms with Crippen molar-refractivity contribution in [3.05, 3.63) is 52.8 Å². The van der Waals surface area contributed by atoms with Crippen LogP contribution in [-0.4, -0.2) is 27.7 Å². The second-order valence-corrected chi connectivity index (χ2v) is 7.03. The fraction of sp³-hybridized carbons (Fsp3) is 0.421. The normalized spacial score (nSPS) is 12.0. The summed E-state index contributed by atoms with van der Waals surface area (Å²) in [6, 6.07) is 10.5. The summed E-state index contributed by atoms with van der Waals surface area (Å²) in [5.41, 5.74) is 4.36. The van der Waals surface area contributed by atoms with Crippen LogP contribution in [0.1, 0.15) is 35.9 Å². The molecule has 1 amide bonds. The summed E-state index contributed by atoms with van der Waals surface area (Å²) in [6.07, 6.45) is 1.90. The molecule has 0 aliphatic rings. The van der Waals surface area contributed by atoms with E-state index in [1.807, 2.05) is 45.9 Å². The maximum absolute atomic E-state index is 12.1. The topological polar surface area (TPSA) is 54.9 Å². The molecule has 1 heterocycles. The number of aromatic nitrogens is 2. The number of carbonyl (C=O) groups is 1. The van der Waals surface area contributed by atoms with Crippen molar-refractivity contribution in [1.82, 2.24) is 15.3 Å². The van der Waals surface area contributed by atoms with Crippen molar-refractivity contribution in [3.63, 3.8) is 0 Å². The summed E-state index contributed by atoms with van der Waals surface area (Å²) in [5.74, 6) is 0.373. The minimum Gasteiger partial charge on any atom is -0.353 e. The third kappa shape index (κ3) is 5.64. The number of amides is 1. The average Bonchev–Trinajstić information content (AvgIpc) is 2.57. The molecule has 1 N–H and O–H groups in total. The molecule has 2 aromatic rings. The second-order valence-electron chi connectivity index (χ2n) is 6.08. The van der Waals surface area contributed by atoms with Gasteiger partial charge in [-0.15, -0.1) is 0 Å². The van der Waals surface area contributed by atoms with Crippen LogP contribution in [0.4, 0.5) is 0 Å². The molecule has 0 spiro atoms. The molecule has 0 saturated carbocycles. The van der Waals surface area contributed by atoms with Crippen LogP contribution in [-0.2, 0) is 11.2 Å². The number of aryl methyl sites for hydroxylation is 3. The smallest absolute Gasteiger partial charge is 0.230 e. The van der Waals surface area contributed by atoms with Crippen LogP contribution >= 0.6 is 11.8 Å². The summed E-state index contributed by atoms with van der Waals surface area (Å²) in [5, 5.41) is 3.71. The van der Waals surface area contributed by atoms with Gasteiger partial charge in [0.2, 0.25) is 5.91 Å². The minimum absolute atomic E-state index is 0.0278. The van der Waals surface area contributed by atoms with E-state index < -0.39 is 0 Å². The van der Waals surface area contributed by atoms with Gasteiger partial charge in [-0.1, -0.05) is 42.1 Å². The molecule has 2 rings (SSSR count). The van der Waals surface area contributed by atoms with Gasteiger partial charge in [-0.05, 0) is 51.7 Å². The quantitative estimate of drug-likeness (QED) is 0.616. The number of hydrogen-bond acceptors (Lipinski definition) is 4. The molecule has 1 aromatic carbocycles. The lowest BCUT2D eigenvalue weighted by molar-refractivity contribution is -0.119. The molecular formula is C19H25N3OS. The lowest BCUT2D eigenvalue weighted by Gasteiger charge is -2.14. The highest BCUT2D eigenvalue weighted by Crippen LogP contribution is 2.17. The summed E-state index contributed by atoms with van der Waals surface area (Å²) < 4.78 is 0. The van der Waals surface area contributed by atoms with Gasteiger partial charge >= 0.3 is 0 Å². The number of nitrogens with zero attached hydrogens (tertiary/aromatic N) is 2. The lowest BCUT2D eigenvalue weighted by Crippen LogP contribution is -2.34. The summed E-state index contributed by atoms with van der Waals surface area (Å²) >= 11 is 1.39. The highest BCUT2D eigenvalue weighted by molar-refractivity contribution is 7.99. The zero-order chi connectivity index (χ0) is 17.5. The van der Waals surface area contributed by atoms with Crippen molar-refractivity contribution in [3.8, 4) is 0 Å². The third-order valence-electron chi connectivity index (χ3n) is 4.06. The van der Waals surface area contributed by atoms with E-state index in [4.69, 9.17) is 0 Å². The molecular weight excluding hydrogens is 318 g/mol. The van der Waals surface area contributed by atoms with Crippen LogP contribution in [0.15, 0.2) is 35.5 Å². The molecule has 128 valence electrons. The maximum Gasteiger partial charge on any atom is 0.230 e. The molecule has 24 heavy (non-hydrogen) atoms. The SMILES string of the molecule is Cc1nc(SCC(=O)N[C@H](C)CCc2ccccc2)nc(C)c1C. The Balaban J connectivity index is 1.76. The van der Waals surface area contributed by atoms with E-state index in [0.717, 1.165) is 29.8 Å². The molecule has 0 fully saturated rings. The molecule has 0 aliphatic heterocycles. The average molecular weight is 343 g/mol. The van der Waals surface area contributed by atoms with Gasteiger partial charge in [-0.25, -0.2) is 9.97 Å². The van der Waals surface area contributed by atoms with Gasteiger partial charge in [0, 0.05) is 17.4 Å². The van der Waals surface area contributed by atoms with Gasteiger partial charge in [-0.3, -0.25) is 4.79 Å². The molecule has 1 atom stereocenters. The number of rotatable bonds is 7. The van der Waals surface area contributed by atoms with Crippen LogP contribution in [0.25, 0.3) is 0 Å². The number of benzene rings is 1. The van der Waals surface area contributed by atoms with E-state index in [1.165, 1.54) is 17.3 Å². The minimum atomic E-state index is 0.0278. The van der Waals surface area contributed by atoms with E-state index in [-0.39, 0.29) is 11.9 Å². The van der Waals surface area contributed by atoms with Crippen molar-refractivity contribution in [2.45, 2.75) is 51.7 Å². The van der Waals surface area contributed by atoms with E-state index in [0.29, 0.717) is 10.9 Å². The zero-order valence-corrected chi connectivity index (χ0v) is 15.6. The fourth-order valence-corrected chi connectivity index (χ4v) is 3.10. The van der Waals surface area contributed by atoms with Crippen LogP contribution in [0, 0.1) is 20.8 Å². The largest absolute Gasteiger partial charge is 0.353 e. The van der Waals surface area contributed by atoms with E-state index in [1.54, 1.807) is 0 Å². The van der Waals surface area contributed by atoms with E-state index in [2.05, 4.69) is 27.4 Å². The van der Waals surface area contributed by atoms with Crippen molar-refractivity contribution >= 4 is 17.7 Å². The predicted molar refractivity (Wildman–Crippen MR) is 99.3 cm³/mol. The van der Waals surface area contributed by atoms with Gasteiger partial charge in [0.05, 0.1) is 5.75 Å². The van der Waals surface area contributed by atoms with Crippen LogP contribution in [0.5, 0.6) is 0 Å².